The van der Waals surface area contributed by atoms with Crippen LogP contribution in [-0.4, -0.2) is 47.4 Å². The van der Waals surface area contributed by atoms with Gasteiger partial charge in [0.25, 0.3) is 0 Å². The second-order valence-corrected chi connectivity index (χ2v) is 8.98. The van der Waals surface area contributed by atoms with Gasteiger partial charge in [-0.2, -0.15) is 13.2 Å². The quantitative estimate of drug-likeness (QED) is 0.172. The van der Waals surface area contributed by atoms with Crippen LogP contribution in [0, 0.1) is 0 Å². The number of imidazole rings is 2. The topological polar surface area (TPSA) is 154 Å². The number of hydrogen-bond acceptors (Lipinski definition) is 6. The lowest BCUT2D eigenvalue weighted by Crippen LogP contribution is -2.26. The van der Waals surface area contributed by atoms with E-state index in [0.29, 0.717) is 0 Å². The highest BCUT2D eigenvalue weighted by Gasteiger charge is 2.36. The molecule has 0 saturated heterocycles. The maximum absolute atomic E-state index is 10.7. The smallest absolute Gasteiger partial charge is 0.485 e. The Balaban J connectivity index is 0.000000248. The normalized spacial score (nSPS) is 11.1. The van der Waals surface area contributed by atoms with Crippen molar-refractivity contribution in [3.8, 4) is 11.4 Å². The molecule has 0 fully saturated rings. The molecule has 16 heteroatoms. The van der Waals surface area contributed by atoms with Crippen molar-refractivity contribution < 1.29 is 52.6 Å². The first kappa shape index (κ1) is 30.4. The van der Waals surface area contributed by atoms with Crippen molar-refractivity contribution in [1.82, 2.24) is 9.97 Å². The molecule has 0 atom stereocenters. The zero-order chi connectivity index (χ0) is 27.2. The monoisotopic (exact) mass is 552 g/mol. The maximum Gasteiger partial charge on any atom is 0.485 e. The van der Waals surface area contributed by atoms with E-state index in [1.54, 1.807) is 0 Å². The number of aromatic nitrogens is 4. The summed E-state index contributed by atoms with van der Waals surface area (Å²) in [6.07, 6.45) is 11.6. The summed E-state index contributed by atoms with van der Waals surface area (Å²) in [7, 11) is -10.7. The predicted molar refractivity (Wildman–Crippen MR) is 116 cm³/mol. The number of H-pyrrole nitrogens is 2. The summed E-state index contributed by atoms with van der Waals surface area (Å²) >= 11 is 0. The van der Waals surface area contributed by atoms with E-state index in [0.717, 1.165) is 0 Å². The molecule has 0 spiro atoms. The van der Waals surface area contributed by atoms with Gasteiger partial charge in [-0.3, -0.25) is 0 Å². The van der Waals surface area contributed by atoms with Gasteiger partial charge >= 0.3 is 5.51 Å². The van der Waals surface area contributed by atoms with Gasteiger partial charge in [-0.25, -0.2) is 40.3 Å². The Labute approximate surface area is 204 Å². The molecule has 0 amide bonds. The van der Waals surface area contributed by atoms with E-state index in [4.69, 9.17) is 25.9 Å². The molecule has 0 aliphatic heterocycles. The molecule has 4 rings (SSSR count). The lowest BCUT2D eigenvalue weighted by molar-refractivity contribution is -0.594. The van der Waals surface area contributed by atoms with Crippen molar-refractivity contribution in [3.05, 3.63) is 98.1 Å². The molecule has 10 nitrogen and oxygen atoms in total. The molecule has 0 radical (unpaired) electrons. The SMILES string of the molecule is O=S(=O)([O-])C(F)(F)F.O=S(=O)([O-])CF.c1ccc(-[n+]2cc[nH]c2)cc1.c1ccc(-[n+]2cc[nH]c2)cc1. The van der Waals surface area contributed by atoms with E-state index >= 15 is 0 Å². The van der Waals surface area contributed by atoms with Gasteiger partial charge in [-0.1, -0.05) is 36.4 Å². The van der Waals surface area contributed by atoms with Crippen LogP contribution >= 0.6 is 0 Å². The van der Waals surface area contributed by atoms with Crippen LogP contribution in [0.4, 0.5) is 17.6 Å². The maximum atomic E-state index is 10.7. The van der Waals surface area contributed by atoms with Crippen molar-refractivity contribution in [2.24, 2.45) is 0 Å². The molecule has 2 aromatic carbocycles. The van der Waals surface area contributed by atoms with Gasteiger partial charge in [0.2, 0.25) is 12.7 Å². The molecule has 36 heavy (non-hydrogen) atoms. The van der Waals surface area contributed by atoms with E-state index in [1.165, 1.54) is 11.4 Å². The first-order chi connectivity index (χ1) is 16.7. The summed E-state index contributed by atoms with van der Waals surface area (Å²) in [5.74, 6) is 0. The number of para-hydroxylation sites is 2. The van der Waals surface area contributed by atoms with Crippen molar-refractivity contribution in [1.29, 1.82) is 0 Å². The first-order valence-corrected chi connectivity index (χ1v) is 12.4. The lowest BCUT2D eigenvalue weighted by Gasteiger charge is -2.08. The minimum atomic E-state index is -6.09. The Morgan fingerprint density at radius 1 is 0.722 bits per heavy atom. The summed E-state index contributed by atoms with van der Waals surface area (Å²) in [5, 5.41) is 0. The van der Waals surface area contributed by atoms with Crippen LogP contribution < -0.4 is 9.13 Å². The fourth-order valence-corrected chi connectivity index (χ4v) is 2.10. The molecular weight excluding hydrogens is 532 g/mol. The zero-order valence-electron chi connectivity index (χ0n) is 18.1. The molecule has 0 saturated carbocycles. The zero-order valence-corrected chi connectivity index (χ0v) is 19.7. The third-order valence-corrected chi connectivity index (χ3v) is 4.45. The number of benzene rings is 2. The number of aromatic amines is 2. The predicted octanol–water partition coefficient (Wildman–Crippen LogP) is 2.09. The largest absolute Gasteiger partial charge is 0.746 e. The minimum absolute atomic E-state index is 1.17. The highest BCUT2D eigenvalue weighted by atomic mass is 32.2. The molecular formula is C20H20F4N4O6S2. The fourth-order valence-electron chi connectivity index (χ4n) is 2.10. The molecule has 2 aromatic heterocycles. The van der Waals surface area contributed by atoms with E-state index in [-0.39, 0.29) is 0 Å². The Morgan fingerprint density at radius 3 is 1.22 bits per heavy atom. The number of halogens is 4. The highest BCUT2D eigenvalue weighted by Crippen LogP contribution is 2.20. The third kappa shape index (κ3) is 12.2. The summed E-state index contributed by atoms with van der Waals surface area (Å²) in [6.45, 7) is 0. The van der Waals surface area contributed by atoms with Crippen LogP contribution in [0.3, 0.4) is 0 Å². The average molecular weight is 553 g/mol. The number of nitrogens with one attached hydrogen (secondary N) is 2. The summed E-state index contributed by atoms with van der Waals surface area (Å²) in [5.41, 5.74) is -3.30. The van der Waals surface area contributed by atoms with Crippen LogP contribution in [0.25, 0.3) is 11.4 Å². The Hall–Kier alpha value is -3.60. The van der Waals surface area contributed by atoms with E-state index in [9.17, 15) is 17.6 Å². The van der Waals surface area contributed by atoms with Gasteiger partial charge < -0.3 is 9.11 Å². The van der Waals surface area contributed by atoms with Crippen LogP contribution in [0.2, 0.25) is 0 Å². The summed E-state index contributed by atoms with van der Waals surface area (Å²) < 4.78 is 101. The van der Waals surface area contributed by atoms with E-state index in [1.807, 2.05) is 83.0 Å². The summed E-state index contributed by atoms with van der Waals surface area (Å²) in [4.78, 5) is 5.98. The highest BCUT2D eigenvalue weighted by molar-refractivity contribution is 7.86. The van der Waals surface area contributed by atoms with E-state index < -0.39 is 31.8 Å². The molecule has 0 aliphatic carbocycles. The van der Waals surface area contributed by atoms with Gasteiger partial charge in [0.05, 0.1) is 0 Å². The number of alkyl halides is 4. The third-order valence-electron chi connectivity index (χ3n) is 3.62. The lowest BCUT2D eigenvalue weighted by atomic mass is 10.3. The molecule has 0 unspecified atom stereocenters. The van der Waals surface area contributed by atoms with Crippen LogP contribution in [-0.2, 0) is 20.2 Å². The Bertz CT molecular complexity index is 1260. The molecule has 4 aromatic rings. The number of hydrogen-bond donors (Lipinski definition) is 2. The second kappa shape index (κ2) is 14.1. The van der Waals surface area contributed by atoms with Crippen molar-refractivity contribution in [3.63, 3.8) is 0 Å². The van der Waals surface area contributed by atoms with Gasteiger partial charge in [-0.15, -0.1) is 0 Å². The van der Waals surface area contributed by atoms with Gasteiger partial charge in [0.1, 0.15) is 46.3 Å². The van der Waals surface area contributed by atoms with Gasteiger partial charge in [0, 0.05) is 0 Å². The first-order valence-electron chi connectivity index (χ1n) is 9.45. The molecule has 2 heterocycles. The number of rotatable bonds is 3. The molecule has 0 bridgehead atoms. The van der Waals surface area contributed by atoms with Gasteiger partial charge in [0.15, 0.2) is 16.1 Å². The van der Waals surface area contributed by atoms with E-state index in [2.05, 4.69) is 34.2 Å². The average Bonchev–Trinajstić information content (AvgIpc) is 3.55. The fraction of sp³-hybridized carbons (Fsp3) is 0.100. The molecule has 0 aliphatic rings. The Kier molecular flexibility index (Phi) is 11.9. The molecule has 196 valence electrons. The van der Waals surface area contributed by atoms with Gasteiger partial charge in [-0.05, 0) is 24.3 Å². The minimum Gasteiger partial charge on any atom is -0.746 e. The standard InChI is InChI=1S/2C9H8N2.CHF3O3S.CH3FO3S/c2*1-2-4-9(5-3-1)11-7-6-10-8-11;2-1(3,4)8(5,6)7;2-1-6(3,4)5/h2*1-8H;(H,5,6,7);1H2,(H,3,4,5). The van der Waals surface area contributed by atoms with Crippen molar-refractivity contribution >= 4 is 20.2 Å². The van der Waals surface area contributed by atoms with Crippen molar-refractivity contribution in [2.45, 2.75) is 5.51 Å². The van der Waals surface area contributed by atoms with Crippen LogP contribution in [0.15, 0.2) is 98.1 Å². The van der Waals surface area contributed by atoms with Crippen LogP contribution in [0.1, 0.15) is 0 Å². The Morgan fingerprint density at radius 2 is 1.03 bits per heavy atom. The molecule has 2 N–H and O–H groups in total. The van der Waals surface area contributed by atoms with Crippen molar-refractivity contribution in [2.75, 3.05) is 6.01 Å². The van der Waals surface area contributed by atoms with Crippen LogP contribution in [0.5, 0.6) is 0 Å². The number of nitrogens with zero attached hydrogens (tertiary/aromatic N) is 2. The second-order valence-electron chi connectivity index (χ2n) is 6.28. The summed E-state index contributed by atoms with van der Waals surface area (Å²) in [6, 6.07) is 18.6.